The summed E-state index contributed by atoms with van der Waals surface area (Å²) < 4.78 is 23.0. The molecule has 1 aromatic heterocycles. The van der Waals surface area contributed by atoms with Crippen LogP contribution in [-0.2, 0) is 21.2 Å². The Bertz CT molecular complexity index is 526. The second-order valence-electron chi connectivity index (χ2n) is 4.83. The number of H-pyrrole nitrogens is 1. The molecule has 0 aromatic carbocycles. The number of sulfone groups is 1. The quantitative estimate of drug-likeness (QED) is 0.751. The van der Waals surface area contributed by atoms with E-state index in [1.54, 1.807) is 24.3 Å². The minimum atomic E-state index is -3.00. The van der Waals surface area contributed by atoms with Crippen molar-refractivity contribution in [3.8, 4) is 0 Å². The predicted molar refractivity (Wildman–Crippen MR) is 70.1 cm³/mol. The van der Waals surface area contributed by atoms with E-state index in [1.807, 2.05) is 0 Å². The van der Waals surface area contributed by atoms with Crippen LogP contribution in [-0.4, -0.2) is 60.6 Å². The molecule has 0 bridgehead atoms. The monoisotopic (exact) mass is 286 g/mol. The zero-order valence-electron chi connectivity index (χ0n) is 10.8. The largest absolute Gasteiger partial charge is 0.341 e. The molecular formula is C11H18N4O3S. The van der Waals surface area contributed by atoms with Gasteiger partial charge in [0.2, 0.25) is 5.91 Å². The summed E-state index contributed by atoms with van der Waals surface area (Å²) in [4.78, 5) is 13.6. The van der Waals surface area contributed by atoms with Crippen molar-refractivity contribution in [2.45, 2.75) is 19.0 Å². The fourth-order valence-electron chi connectivity index (χ4n) is 2.09. The predicted octanol–water partition coefficient (Wildman–Crippen LogP) is -0.855. The third-order valence-corrected chi connectivity index (χ3v) is 4.86. The second kappa shape index (κ2) is 5.70. The zero-order valence-corrected chi connectivity index (χ0v) is 11.6. The lowest BCUT2D eigenvalue weighted by Crippen LogP contribution is -2.47. The van der Waals surface area contributed by atoms with Gasteiger partial charge in [-0.25, -0.2) is 8.42 Å². The highest BCUT2D eigenvalue weighted by Gasteiger charge is 2.26. The Morgan fingerprint density at radius 3 is 3.00 bits per heavy atom. The van der Waals surface area contributed by atoms with Gasteiger partial charge >= 0.3 is 0 Å². The van der Waals surface area contributed by atoms with Crippen molar-refractivity contribution in [2.75, 3.05) is 25.1 Å². The highest BCUT2D eigenvalue weighted by atomic mass is 32.2. The van der Waals surface area contributed by atoms with E-state index in [0.717, 1.165) is 5.56 Å². The van der Waals surface area contributed by atoms with Crippen LogP contribution in [0.5, 0.6) is 0 Å². The van der Waals surface area contributed by atoms with E-state index in [-0.39, 0.29) is 29.9 Å². The third-order valence-electron chi connectivity index (χ3n) is 3.12. The number of hydrogen-bond acceptors (Lipinski definition) is 5. The Labute approximate surface area is 112 Å². The molecule has 7 nitrogen and oxygen atoms in total. The Kier molecular flexibility index (Phi) is 4.20. The number of rotatable bonds is 4. The maximum Gasteiger partial charge on any atom is 0.224 e. The van der Waals surface area contributed by atoms with E-state index in [0.29, 0.717) is 13.1 Å². The highest BCUT2D eigenvalue weighted by Crippen LogP contribution is 2.08. The molecule has 1 aliphatic rings. The molecular weight excluding hydrogens is 268 g/mol. The van der Waals surface area contributed by atoms with E-state index in [9.17, 15) is 13.2 Å². The molecule has 1 saturated heterocycles. The van der Waals surface area contributed by atoms with Crippen molar-refractivity contribution in [3.63, 3.8) is 0 Å². The van der Waals surface area contributed by atoms with Crippen LogP contribution in [0.15, 0.2) is 12.4 Å². The Morgan fingerprint density at radius 1 is 1.58 bits per heavy atom. The Morgan fingerprint density at radius 2 is 2.37 bits per heavy atom. The lowest BCUT2D eigenvalue weighted by Gasteiger charge is -2.25. The first-order chi connectivity index (χ1) is 8.96. The molecule has 1 aliphatic heterocycles. The average molecular weight is 286 g/mol. The van der Waals surface area contributed by atoms with Crippen molar-refractivity contribution in [1.82, 2.24) is 20.4 Å². The summed E-state index contributed by atoms with van der Waals surface area (Å²) in [6.45, 7) is 0.889. The molecule has 0 radical (unpaired) electrons. The van der Waals surface area contributed by atoms with Gasteiger partial charge in [-0.2, -0.15) is 5.10 Å². The summed E-state index contributed by atoms with van der Waals surface area (Å²) in [5, 5.41) is 9.58. The Hall–Kier alpha value is -1.41. The van der Waals surface area contributed by atoms with Gasteiger partial charge in [0.15, 0.2) is 9.84 Å². The van der Waals surface area contributed by atoms with E-state index >= 15 is 0 Å². The maximum atomic E-state index is 12.0. The summed E-state index contributed by atoms with van der Waals surface area (Å²) in [7, 11) is -1.30. The molecule has 1 atom stereocenters. The molecule has 2 heterocycles. The van der Waals surface area contributed by atoms with Gasteiger partial charge in [-0.15, -0.1) is 0 Å². The van der Waals surface area contributed by atoms with Crippen LogP contribution in [0.2, 0.25) is 0 Å². The van der Waals surface area contributed by atoms with Crippen molar-refractivity contribution >= 4 is 15.7 Å². The number of nitrogens with one attached hydrogen (secondary N) is 2. The summed E-state index contributed by atoms with van der Waals surface area (Å²) in [6, 6.07) is -0.280. The van der Waals surface area contributed by atoms with Crippen LogP contribution in [0.3, 0.4) is 0 Å². The van der Waals surface area contributed by atoms with Gasteiger partial charge in [0.25, 0.3) is 0 Å². The molecule has 19 heavy (non-hydrogen) atoms. The minimum absolute atomic E-state index is 0.0400. The van der Waals surface area contributed by atoms with Gasteiger partial charge in [-0.3, -0.25) is 9.89 Å². The van der Waals surface area contributed by atoms with E-state index in [4.69, 9.17) is 0 Å². The van der Waals surface area contributed by atoms with Crippen LogP contribution in [0, 0.1) is 0 Å². The van der Waals surface area contributed by atoms with Gasteiger partial charge in [0, 0.05) is 44.4 Å². The maximum absolute atomic E-state index is 12.0. The number of aromatic nitrogens is 2. The third kappa shape index (κ3) is 4.03. The fourth-order valence-corrected chi connectivity index (χ4v) is 3.54. The Balaban J connectivity index is 1.86. The molecule has 2 rings (SSSR count). The minimum Gasteiger partial charge on any atom is -0.341 e. The van der Waals surface area contributed by atoms with Gasteiger partial charge in [0.1, 0.15) is 0 Å². The molecule has 0 aliphatic carbocycles. The fraction of sp³-hybridized carbons (Fsp3) is 0.636. The van der Waals surface area contributed by atoms with Crippen molar-refractivity contribution < 1.29 is 13.2 Å². The number of aromatic amines is 1. The summed E-state index contributed by atoms with van der Waals surface area (Å²) in [6.07, 6.45) is 3.59. The molecule has 1 unspecified atom stereocenters. The zero-order chi connectivity index (χ0) is 13.9. The molecule has 0 saturated carbocycles. The molecule has 2 N–H and O–H groups in total. The summed E-state index contributed by atoms with van der Waals surface area (Å²) >= 11 is 0. The van der Waals surface area contributed by atoms with E-state index < -0.39 is 9.84 Å². The normalized spacial score (nSPS) is 22.1. The lowest BCUT2D eigenvalue weighted by molar-refractivity contribution is -0.130. The number of carbonyl (C=O) groups excluding carboxylic acids is 1. The molecule has 8 heteroatoms. The smallest absolute Gasteiger partial charge is 0.224 e. The molecule has 106 valence electrons. The van der Waals surface area contributed by atoms with Gasteiger partial charge in [-0.1, -0.05) is 0 Å². The lowest BCUT2D eigenvalue weighted by atomic mass is 10.2. The van der Waals surface area contributed by atoms with Crippen LogP contribution in [0.1, 0.15) is 12.0 Å². The van der Waals surface area contributed by atoms with Crippen LogP contribution >= 0.6 is 0 Å². The van der Waals surface area contributed by atoms with Gasteiger partial charge in [-0.05, 0) is 0 Å². The van der Waals surface area contributed by atoms with Gasteiger partial charge in [0.05, 0.1) is 17.7 Å². The van der Waals surface area contributed by atoms with E-state index in [2.05, 4.69) is 15.5 Å². The number of hydrogen-bond donors (Lipinski definition) is 2. The number of carbonyl (C=O) groups is 1. The van der Waals surface area contributed by atoms with E-state index in [1.165, 1.54) is 0 Å². The van der Waals surface area contributed by atoms with Crippen LogP contribution in [0.25, 0.3) is 0 Å². The molecule has 1 amide bonds. The second-order valence-corrected chi connectivity index (χ2v) is 7.05. The van der Waals surface area contributed by atoms with Crippen molar-refractivity contribution in [1.29, 1.82) is 0 Å². The first kappa shape index (κ1) is 14.0. The standard InChI is InChI=1S/C11H18N4O3S/c1-15(7-9-5-13-14-6-9)11(16)4-10-8-19(17,18)3-2-12-10/h5-6,10,12H,2-4,7-8H2,1H3,(H,13,14). The SMILES string of the molecule is CN(Cc1cn[nH]c1)C(=O)CC1CS(=O)(=O)CCN1. The van der Waals surface area contributed by atoms with Crippen molar-refractivity contribution in [3.05, 3.63) is 18.0 Å². The average Bonchev–Trinajstić information content (AvgIpc) is 2.80. The number of amides is 1. The van der Waals surface area contributed by atoms with Crippen LogP contribution in [0.4, 0.5) is 0 Å². The number of nitrogens with zero attached hydrogens (tertiary/aromatic N) is 2. The summed E-state index contributed by atoms with van der Waals surface area (Å²) in [5.74, 6) is 0.122. The first-order valence-corrected chi connectivity index (χ1v) is 7.94. The molecule has 1 aromatic rings. The molecule has 1 fully saturated rings. The molecule has 0 spiro atoms. The highest BCUT2D eigenvalue weighted by molar-refractivity contribution is 7.91. The summed E-state index contributed by atoms with van der Waals surface area (Å²) in [5.41, 5.74) is 0.917. The van der Waals surface area contributed by atoms with Gasteiger partial charge < -0.3 is 10.2 Å². The van der Waals surface area contributed by atoms with Crippen LogP contribution < -0.4 is 5.32 Å². The van der Waals surface area contributed by atoms with Crippen molar-refractivity contribution in [2.24, 2.45) is 0 Å². The topological polar surface area (TPSA) is 95.2 Å². The first-order valence-electron chi connectivity index (χ1n) is 6.12.